The lowest BCUT2D eigenvalue weighted by Gasteiger charge is -2.25. The predicted octanol–water partition coefficient (Wildman–Crippen LogP) is 3.92. The quantitative estimate of drug-likeness (QED) is 0.374. The van der Waals surface area contributed by atoms with Gasteiger partial charge in [0, 0.05) is 19.2 Å². The Bertz CT molecular complexity index is 1170. The summed E-state index contributed by atoms with van der Waals surface area (Å²) in [5.41, 5.74) is 1.27. The second kappa shape index (κ2) is 8.62. The molecule has 6 heteroatoms. The van der Waals surface area contributed by atoms with Gasteiger partial charge >= 0.3 is 0 Å². The number of hydrogen-bond acceptors (Lipinski definition) is 5. The second-order valence-corrected chi connectivity index (χ2v) is 7.32. The van der Waals surface area contributed by atoms with E-state index in [1.807, 2.05) is 36.4 Å². The van der Waals surface area contributed by atoms with Gasteiger partial charge in [-0.05, 0) is 34.5 Å². The predicted molar refractivity (Wildman–Crippen MR) is 118 cm³/mol. The van der Waals surface area contributed by atoms with Crippen LogP contribution in [0.25, 0.3) is 16.5 Å². The second-order valence-electron chi connectivity index (χ2n) is 7.32. The number of hydrogen-bond donors (Lipinski definition) is 1. The molecule has 4 rings (SSSR count). The van der Waals surface area contributed by atoms with Crippen LogP contribution >= 0.6 is 0 Å². The number of likely N-dealkylation sites (tertiary alicyclic amines) is 1. The summed E-state index contributed by atoms with van der Waals surface area (Å²) < 4.78 is 10.4. The molecule has 158 valence electrons. The maximum Gasteiger partial charge on any atom is 0.295 e. The standard InChI is InChI=1S/C25H23NO5/c1-30-14-13-26-22(17-9-11-20(31-2)12-10-17)21(24(28)25(26)29)23(27)19-8-7-16-5-3-4-6-18(16)15-19/h3-12,15,22,27H,13-14H2,1-2H3/b23-21-. The van der Waals surface area contributed by atoms with Gasteiger partial charge in [-0.15, -0.1) is 0 Å². The van der Waals surface area contributed by atoms with Gasteiger partial charge in [0.1, 0.15) is 11.5 Å². The SMILES string of the molecule is COCCN1C(=O)C(=O)/C(=C(\O)c2ccc3ccccc3c2)C1c1ccc(OC)cc1. The van der Waals surface area contributed by atoms with Crippen LogP contribution in [0.2, 0.25) is 0 Å². The zero-order valence-electron chi connectivity index (χ0n) is 17.4. The van der Waals surface area contributed by atoms with Crippen LogP contribution in [0.15, 0.2) is 72.3 Å². The molecule has 3 aromatic rings. The van der Waals surface area contributed by atoms with Crippen molar-refractivity contribution in [2.45, 2.75) is 6.04 Å². The minimum absolute atomic E-state index is 0.0709. The number of Topliss-reactive ketones (excluding diaryl/α,β-unsaturated/α-hetero) is 1. The van der Waals surface area contributed by atoms with E-state index in [0.717, 1.165) is 10.8 Å². The molecule has 1 atom stereocenters. The van der Waals surface area contributed by atoms with Crippen molar-refractivity contribution in [2.75, 3.05) is 27.4 Å². The normalized spacial score (nSPS) is 18.0. The summed E-state index contributed by atoms with van der Waals surface area (Å²) >= 11 is 0. The molecule has 0 bridgehead atoms. The molecule has 0 saturated carbocycles. The molecule has 1 fully saturated rings. The summed E-state index contributed by atoms with van der Waals surface area (Å²) in [5, 5.41) is 13.1. The van der Waals surface area contributed by atoms with E-state index in [1.165, 1.54) is 12.0 Å². The lowest BCUT2D eigenvalue weighted by atomic mass is 9.94. The van der Waals surface area contributed by atoms with Crippen molar-refractivity contribution in [1.82, 2.24) is 4.90 Å². The largest absolute Gasteiger partial charge is 0.507 e. The van der Waals surface area contributed by atoms with Crippen LogP contribution in [-0.4, -0.2) is 49.1 Å². The molecule has 1 heterocycles. The number of ether oxygens (including phenoxy) is 2. The molecule has 1 unspecified atom stereocenters. The Morgan fingerprint density at radius 3 is 2.35 bits per heavy atom. The summed E-state index contributed by atoms with van der Waals surface area (Å²) in [6.45, 7) is 0.502. The molecule has 0 radical (unpaired) electrons. The first-order valence-corrected chi connectivity index (χ1v) is 9.95. The van der Waals surface area contributed by atoms with E-state index in [1.54, 1.807) is 37.4 Å². The Hall–Kier alpha value is -3.64. The molecule has 1 aliphatic rings. The van der Waals surface area contributed by atoms with Crippen LogP contribution in [0.5, 0.6) is 5.75 Å². The van der Waals surface area contributed by atoms with E-state index in [-0.39, 0.29) is 24.5 Å². The van der Waals surface area contributed by atoms with E-state index in [4.69, 9.17) is 9.47 Å². The van der Waals surface area contributed by atoms with Crippen LogP contribution in [0, 0.1) is 0 Å². The number of fused-ring (bicyclic) bond motifs is 1. The minimum Gasteiger partial charge on any atom is -0.507 e. The number of methoxy groups -OCH3 is 2. The monoisotopic (exact) mass is 417 g/mol. The zero-order chi connectivity index (χ0) is 22.0. The number of benzene rings is 3. The molecule has 0 aliphatic carbocycles. The summed E-state index contributed by atoms with van der Waals surface area (Å²) in [7, 11) is 3.10. The van der Waals surface area contributed by atoms with Gasteiger partial charge < -0.3 is 19.5 Å². The molecular weight excluding hydrogens is 394 g/mol. The number of amides is 1. The van der Waals surface area contributed by atoms with Gasteiger partial charge in [0.15, 0.2) is 0 Å². The Balaban J connectivity index is 1.86. The fourth-order valence-corrected chi connectivity index (χ4v) is 3.93. The number of rotatable bonds is 6. The smallest absolute Gasteiger partial charge is 0.295 e. The number of nitrogens with zero attached hydrogens (tertiary/aromatic N) is 1. The highest BCUT2D eigenvalue weighted by Gasteiger charge is 2.45. The van der Waals surface area contributed by atoms with Gasteiger partial charge in [0.2, 0.25) is 0 Å². The maximum absolute atomic E-state index is 13.0. The van der Waals surface area contributed by atoms with Gasteiger partial charge in [0.25, 0.3) is 11.7 Å². The molecule has 31 heavy (non-hydrogen) atoms. The van der Waals surface area contributed by atoms with E-state index >= 15 is 0 Å². The maximum atomic E-state index is 13.0. The lowest BCUT2D eigenvalue weighted by molar-refractivity contribution is -0.140. The highest BCUT2D eigenvalue weighted by atomic mass is 16.5. The number of ketones is 1. The fourth-order valence-electron chi connectivity index (χ4n) is 3.93. The Kier molecular flexibility index (Phi) is 5.73. The van der Waals surface area contributed by atoms with Gasteiger partial charge in [-0.25, -0.2) is 0 Å². The molecule has 1 saturated heterocycles. The van der Waals surface area contributed by atoms with E-state index in [9.17, 15) is 14.7 Å². The number of carbonyl (C=O) groups excluding carboxylic acids is 2. The zero-order valence-corrected chi connectivity index (χ0v) is 17.4. The topological polar surface area (TPSA) is 76.1 Å². The first-order valence-electron chi connectivity index (χ1n) is 9.95. The average Bonchev–Trinajstić information content (AvgIpc) is 3.06. The van der Waals surface area contributed by atoms with E-state index in [2.05, 4.69) is 0 Å². The fraction of sp³-hybridized carbons (Fsp3) is 0.200. The average molecular weight is 417 g/mol. The van der Waals surface area contributed by atoms with Crippen LogP contribution in [-0.2, 0) is 14.3 Å². The Morgan fingerprint density at radius 1 is 0.968 bits per heavy atom. The molecular formula is C25H23NO5. The van der Waals surface area contributed by atoms with Crippen molar-refractivity contribution < 1.29 is 24.2 Å². The molecule has 1 N–H and O–H groups in total. The summed E-state index contributed by atoms with van der Waals surface area (Å²) in [5.74, 6) is -0.889. The van der Waals surface area contributed by atoms with Gasteiger partial charge in [-0.1, -0.05) is 48.5 Å². The van der Waals surface area contributed by atoms with E-state index < -0.39 is 17.7 Å². The first-order chi connectivity index (χ1) is 15.0. The molecule has 0 aromatic heterocycles. The van der Waals surface area contributed by atoms with Crippen molar-refractivity contribution in [3.63, 3.8) is 0 Å². The summed E-state index contributed by atoms with van der Waals surface area (Å²) in [6.07, 6.45) is 0. The van der Waals surface area contributed by atoms with Crippen molar-refractivity contribution in [3.8, 4) is 5.75 Å². The van der Waals surface area contributed by atoms with Crippen molar-refractivity contribution >= 4 is 28.2 Å². The number of aliphatic hydroxyl groups excluding tert-OH is 1. The van der Waals surface area contributed by atoms with Crippen LogP contribution in [0.4, 0.5) is 0 Å². The van der Waals surface area contributed by atoms with Gasteiger partial charge in [0.05, 0.1) is 25.3 Å². The molecule has 1 aliphatic heterocycles. The third-order valence-corrected chi connectivity index (χ3v) is 5.53. The first kappa shape index (κ1) is 20.6. The van der Waals surface area contributed by atoms with E-state index in [0.29, 0.717) is 16.9 Å². The van der Waals surface area contributed by atoms with Gasteiger partial charge in [-0.3, -0.25) is 9.59 Å². The van der Waals surface area contributed by atoms with Gasteiger partial charge in [-0.2, -0.15) is 0 Å². The highest BCUT2D eigenvalue weighted by Crippen LogP contribution is 2.40. The lowest BCUT2D eigenvalue weighted by Crippen LogP contribution is -2.32. The molecule has 6 nitrogen and oxygen atoms in total. The number of aliphatic hydroxyl groups is 1. The highest BCUT2D eigenvalue weighted by molar-refractivity contribution is 6.46. The Morgan fingerprint density at radius 2 is 1.68 bits per heavy atom. The van der Waals surface area contributed by atoms with Crippen LogP contribution < -0.4 is 4.74 Å². The third kappa shape index (κ3) is 3.78. The summed E-state index contributed by atoms with van der Waals surface area (Å²) in [4.78, 5) is 27.3. The van der Waals surface area contributed by atoms with Crippen molar-refractivity contribution in [3.05, 3.63) is 83.4 Å². The van der Waals surface area contributed by atoms with Crippen LogP contribution in [0.3, 0.4) is 0 Å². The Labute approximate surface area is 180 Å². The number of carbonyl (C=O) groups is 2. The van der Waals surface area contributed by atoms with Crippen molar-refractivity contribution in [2.24, 2.45) is 0 Å². The molecule has 1 amide bonds. The third-order valence-electron chi connectivity index (χ3n) is 5.53. The molecule has 0 spiro atoms. The minimum atomic E-state index is -0.715. The molecule has 3 aromatic carbocycles. The summed E-state index contributed by atoms with van der Waals surface area (Å²) in [6, 6.07) is 19.6. The van der Waals surface area contributed by atoms with Crippen molar-refractivity contribution in [1.29, 1.82) is 0 Å². The van der Waals surface area contributed by atoms with Crippen LogP contribution in [0.1, 0.15) is 17.2 Å².